The van der Waals surface area contributed by atoms with Crippen molar-refractivity contribution in [1.82, 2.24) is 0 Å². The second-order valence-electron chi connectivity index (χ2n) is 4.02. The second-order valence-corrected chi connectivity index (χ2v) is 4.02. The molecule has 0 aromatic heterocycles. The van der Waals surface area contributed by atoms with E-state index in [4.69, 9.17) is 10.5 Å². The van der Waals surface area contributed by atoms with E-state index in [2.05, 4.69) is 13.0 Å². The van der Waals surface area contributed by atoms with E-state index in [1.807, 2.05) is 43.3 Å². The molecule has 17 heavy (non-hydrogen) atoms. The minimum absolute atomic E-state index is 0.655. The molecule has 0 unspecified atom stereocenters. The van der Waals surface area contributed by atoms with Gasteiger partial charge in [0.25, 0.3) is 0 Å². The van der Waals surface area contributed by atoms with E-state index in [9.17, 15) is 0 Å². The zero-order valence-corrected chi connectivity index (χ0v) is 10.2. The number of anilines is 1. The summed E-state index contributed by atoms with van der Waals surface area (Å²) in [4.78, 5) is 0. The molecule has 0 heterocycles. The van der Waals surface area contributed by atoms with E-state index in [1.165, 1.54) is 5.56 Å². The maximum atomic E-state index is 6.03. The van der Waals surface area contributed by atoms with Gasteiger partial charge in [0.1, 0.15) is 5.75 Å². The summed E-state index contributed by atoms with van der Waals surface area (Å²) in [5.74, 6) is 0.882. The standard InChI is InChI=1S/C15H17NO/c1-3-17-15-7-5-4-6-12(15)13-10-11(2)8-9-14(13)16/h4-10H,3,16H2,1-2H3. The topological polar surface area (TPSA) is 35.2 Å². The molecule has 0 aliphatic rings. The first-order chi connectivity index (χ1) is 8.22. The lowest BCUT2D eigenvalue weighted by atomic mass is 10.0. The van der Waals surface area contributed by atoms with Crippen LogP contribution in [0.2, 0.25) is 0 Å². The van der Waals surface area contributed by atoms with Crippen LogP contribution in [0.1, 0.15) is 12.5 Å². The Morgan fingerprint density at radius 3 is 2.59 bits per heavy atom. The van der Waals surface area contributed by atoms with Crippen LogP contribution in [-0.2, 0) is 0 Å². The zero-order chi connectivity index (χ0) is 12.3. The molecule has 2 aromatic carbocycles. The number of nitrogens with two attached hydrogens (primary N) is 1. The van der Waals surface area contributed by atoms with Crippen molar-refractivity contribution in [1.29, 1.82) is 0 Å². The Hall–Kier alpha value is -1.96. The molecule has 0 aliphatic heterocycles. The van der Waals surface area contributed by atoms with Crippen LogP contribution in [-0.4, -0.2) is 6.61 Å². The molecule has 0 radical (unpaired) electrons. The van der Waals surface area contributed by atoms with Crippen LogP contribution in [0.25, 0.3) is 11.1 Å². The van der Waals surface area contributed by atoms with Crippen LogP contribution in [0.3, 0.4) is 0 Å². The molecule has 0 spiro atoms. The number of ether oxygens (including phenoxy) is 1. The average molecular weight is 227 g/mol. The van der Waals surface area contributed by atoms with Crippen molar-refractivity contribution < 1.29 is 4.74 Å². The van der Waals surface area contributed by atoms with Gasteiger partial charge in [-0.25, -0.2) is 0 Å². The highest BCUT2D eigenvalue weighted by atomic mass is 16.5. The van der Waals surface area contributed by atoms with E-state index in [0.717, 1.165) is 22.6 Å². The van der Waals surface area contributed by atoms with Crippen molar-refractivity contribution in [3.05, 3.63) is 48.0 Å². The summed E-state index contributed by atoms with van der Waals surface area (Å²) in [6, 6.07) is 14.0. The third-order valence-corrected chi connectivity index (χ3v) is 2.69. The molecule has 0 amide bonds. The van der Waals surface area contributed by atoms with Crippen LogP contribution >= 0.6 is 0 Å². The van der Waals surface area contributed by atoms with E-state index in [0.29, 0.717) is 6.61 Å². The van der Waals surface area contributed by atoms with Crippen molar-refractivity contribution >= 4 is 5.69 Å². The Kier molecular flexibility index (Phi) is 3.33. The first-order valence-corrected chi connectivity index (χ1v) is 5.80. The fraction of sp³-hybridized carbons (Fsp3) is 0.200. The van der Waals surface area contributed by atoms with Gasteiger partial charge in [-0.2, -0.15) is 0 Å². The quantitative estimate of drug-likeness (QED) is 0.812. The molecule has 0 bridgehead atoms. The summed E-state index contributed by atoms with van der Waals surface area (Å²) in [6.07, 6.45) is 0. The minimum Gasteiger partial charge on any atom is -0.493 e. The Balaban J connectivity index is 2.55. The summed E-state index contributed by atoms with van der Waals surface area (Å²) in [5.41, 5.74) is 10.1. The van der Waals surface area contributed by atoms with E-state index in [-0.39, 0.29) is 0 Å². The number of nitrogen functional groups attached to an aromatic ring is 1. The normalized spacial score (nSPS) is 10.2. The van der Waals surface area contributed by atoms with Crippen LogP contribution in [0, 0.1) is 6.92 Å². The van der Waals surface area contributed by atoms with Gasteiger partial charge < -0.3 is 10.5 Å². The number of benzene rings is 2. The fourth-order valence-corrected chi connectivity index (χ4v) is 1.87. The lowest BCUT2D eigenvalue weighted by Gasteiger charge is -2.12. The van der Waals surface area contributed by atoms with Crippen LogP contribution in [0.15, 0.2) is 42.5 Å². The van der Waals surface area contributed by atoms with Crippen LogP contribution in [0.4, 0.5) is 5.69 Å². The van der Waals surface area contributed by atoms with Gasteiger partial charge in [0.15, 0.2) is 0 Å². The predicted octanol–water partition coefficient (Wildman–Crippen LogP) is 3.64. The highest BCUT2D eigenvalue weighted by molar-refractivity contribution is 5.80. The average Bonchev–Trinajstić information content (AvgIpc) is 2.34. The third kappa shape index (κ3) is 2.41. The van der Waals surface area contributed by atoms with Crippen molar-refractivity contribution in [2.75, 3.05) is 12.3 Å². The SMILES string of the molecule is CCOc1ccccc1-c1cc(C)ccc1N. The van der Waals surface area contributed by atoms with Gasteiger partial charge in [-0.05, 0) is 32.0 Å². The number of hydrogen-bond acceptors (Lipinski definition) is 2. The summed E-state index contributed by atoms with van der Waals surface area (Å²) in [7, 11) is 0. The molecule has 2 heteroatoms. The molecule has 88 valence electrons. The minimum atomic E-state index is 0.655. The van der Waals surface area contributed by atoms with Crippen LogP contribution < -0.4 is 10.5 Å². The highest BCUT2D eigenvalue weighted by Gasteiger charge is 2.08. The van der Waals surface area contributed by atoms with Gasteiger partial charge >= 0.3 is 0 Å². The predicted molar refractivity (Wildman–Crippen MR) is 72.2 cm³/mol. The monoisotopic (exact) mass is 227 g/mol. The molecule has 2 aromatic rings. The Bertz CT molecular complexity index is 520. The molecule has 0 atom stereocenters. The highest BCUT2D eigenvalue weighted by Crippen LogP contribution is 2.34. The molecular weight excluding hydrogens is 210 g/mol. The van der Waals surface area contributed by atoms with E-state index in [1.54, 1.807) is 0 Å². The molecule has 0 fully saturated rings. The maximum absolute atomic E-state index is 6.03. The molecular formula is C15H17NO. The van der Waals surface area contributed by atoms with Gasteiger partial charge in [-0.15, -0.1) is 0 Å². The molecule has 0 saturated carbocycles. The number of aryl methyl sites for hydroxylation is 1. The molecule has 2 nitrogen and oxygen atoms in total. The van der Waals surface area contributed by atoms with E-state index >= 15 is 0 Å². The lowest BCUT2D eigenvalue weighted by Crippen LogP contribution is -1.96. The number of para-hydroxylation sites is 1. The summed E-state index contributed by atoms with van der Waals surface area (Å²) < 4.78 is 5.63. The maximum Gasteiger partial charge on any atom is 0.127 e. The number of rotatable bonds is 3. The second kappa shape index (κ2) is 4.91. The molecule has 2 rings (SSSR count). The van der Waals surface area contributed by atoms with Gasteiger partial charge in [-0.1, -0.05) is 29.8 Å². The molecule has 0 aliphatic carbocycles. The van der Waals surface area contributed by atoms with E-state index < -0.39 is 0 Å². The van der Waals surface area contributed by atoms with Crippen molar-refractivity contribution in [2.45, 2.75) is 13.8 Å². The lowest BCUT2D eigenvalue weighted by molar-refractivity contribution is 0.341. The smallest absolute Gasteiger partial charge is 0.127 e. The Morgan fingerprint density at radius 1 is 1.06 bits per heavy atom. The first-order valence-electron chi connectivity index (χ1n) is 5.80. The Labute approximate surface area is 102 Å². The van der Waals surface area contributed by atoms with Gasteiger partial charge in [0.05, 0.1) is 6.61 Å². The first kappa shape index (κ1) is 11.5. The van der Waals surface area contributed by atoms with Gasteiger partial charge in [-0.3, -0.25) is 0 Å². The largest absolute Gasteiger partial charge is 0.493 e. The fourth-order valence-electron chi connectivity index (χ4n) is 1.87. The third-order valence-electron chi connectivity index (χ3n) is 2.69. The Morgan fingerprint density at radius 2 is 1.82 bits per heavy atom. The van der Waals surface area contributed by atoms with Crippen molar-refractivity contribution in [3.63, 3.8) is 0 Å². The zero-order valence-electron chi connectivity index (χ0n) is 10.2. The summed E-state index contributed by atoms with van der Waals surface area (Å²) >= 11 is 0. The molecule has 0 saturated heterocycles. The van der Waals surface area contributed by atoms with Crippen molar-refractivity contribution in [2.24, 2.45) is 0 Å². The number of hydrogen-bond donors (Lipinski definition) is 1. The summed E-state index contributed by atoms with van der Waals surface area (Å²) in [6.45, 7) is 4.70. The van der Waals surface area contributed by atoms with Crippen LogP contribution in [0.5, 0.6) is 5.75 Å². The summed E-state index contributed by atoms with van der Waals surface area (Å²) in [5, 5.41) is 0. The molecule has 2 N–H and O–H groups in total. The van der Waals surface area contributed by atoms with Gasteiger partial charge in [0, 0.05) is 16.8 Å². The van der Waals surface area contributed by atoms with Crippen molar-refractivity contribution in [3.8, 4) is 16.9 Å². The van der Waals surface area contributed by atoms with Gasteiger partial charge in [0.2, 0.25) is 0 Å².